The molecule has 0 aromatic carbocycles. The summed E-state index contributed by atoms with van der Waals surface area (Å²) in [6.07, 6.45) is 2.73. The topological polar surface area (TPSA) is 64.8 Å². The molecule has 1 atom stereocenters. The maximum atomic E-state index is 11.9. The molecule has 0 aliphatic heterocycles. The Morgan fingerprint density at radius 1 is 1.43 bits per heavy atom. The second-order valence-electron chi connectivity index (χ2n) is 5.70. The van der Waals surface area contributed by atoms with Crippen molar-refractivity contribution in [1.82, 2.24) is 14.5 Å². The lowest BCUT2D eigenvalue weighted by Gasteiger charge is -2.24. The Bertz CT molecular complexity index is 782. The third kappa shape index (κ3) is 3.17. The molecule has 1 unspecified atom stereocenters. The highest BCUT2D eigenvalue weighted by Gasteiger charge is 2.33. The van der Waals surface area contributed by atoms with E-state index in [1.165, 1.54) is 12.5 Å². The van der Waals surface area contributed by atoms with Crippen molar-refractivity contribution in [2.45, 2.75) is 37.4 Å². The molecule has 0 bridgehead atoms. The molecule has 0 fully saturated rings. The molecule has 2 heterocycles. The average Bonchev–Trinajstić information content (AvgIpc) is 2.65. The van der Waals surface area contributed by atoms with Crippen LogP contribution in [-0.4, -0.2) is 34.0 Å². The first-order valence-electron chi connectivity index (χ1n) is 6.38. The van der Waals surface area contributed by atoms with E-state index in [-0.39, 0.29) is 11.9 Å². The van der Waals surface area contributed by atoms with Crippen LogP contribution in [0.5, 0.6) is 0 Å². The van der Waals surface area contributed by atoms with Crippen LogP contribution in [0, 0.1) is 0 Å². The average molecular weight is 350 g/mol. The second-order valence-corrected chi connectivity index (χ2v) is 9.44. The number of alkyl halides is 1. The van der Waals surface area contributed by atoms with Gasteiger partial charge in [0.05, 0.1) is 15.1 Å². The van der Waals surface area contributed by atoms with Crippen LogP contribution >= 0.6 is 23.2 Å². The van der Waals surface area contributed by atoms with Crippen LogP contribution < -0.4 is 0 Å². The highest BCUT2D eigenvalue weighted by atomic mass is 35.5. The highest BCUT2D eigenvalue weighted by Crippen LogP contribution is 2.28. The van der Waals surface area contributed by atoms with Gasteiger partial charge in [-0.25, -0.2) is 18.4 Å². The van der Waals surface area contributed by atoms with Gasteiger partial charge in [0.15, 0.2) is 15.5 Å². The van der Waals surface area contributed by atoms with Crippen molar-refractivity contribution in [1.29, 1.82) is 0 Å². The van der Waals surface area contributed by atoms with E-state index < -0.39 is 14.6 Å². The molecule has 0 radical (unpaired) electrons. The molecule has 21 heavy (non-hydrogen) atoms. The zero-order valence-electron chi connectivity index (χ0n) is 12.3. The van der Waals surface area contributed by atoms with E-state index in [1.54, 1.807) is 31.4 Å². The van der Waals surface area contributed by atoms with Gasteiger partial charge in [-0.1, -0.05) is 11.6 Å². The molecular formula is C13H17Cl2N3O2S. The molecule has 2 aromatic heterocycles. The Labute approximate surface area is 134 Å². The van der Waals surface area contributed by atoms with Crippen LogP contribution in [0.15, 0.2) is 12.3 Å². The number of imidazole rings is 1. The van der Waals surface area contributed by atoms with Crippen molar-refractivity contribution < 1.29 is 8.42 Å². The molecule has 5 nitrogen and oxygen atoms in total. The van der Waals surface area contributed by atoms with Gasteiger partial charge in [0.25, 0.3) is 0 Å². The number of aromatic nitrogens is 3. The lowest BCUT2D eigenvalue weighted by atomic mass is 10.2. The predicted molar refractivity (Wildman–Crippen MR) is 85.7 cm³/mol. The number of hydrogen-bond donors (Lipinski definition) is 0. The Kier molecular flexibility index (Phi) is 4.26. The number of sulfone groups is 1. The van der Waals surface area contributed by atoms with Crippen molar-refractivity contribution in [3.05, 3.63) is 23.1 Å². The fraction of sp³-hybridized carbons (Fsp3) is 0.538. The van der Waals surface area contributed by atoms with E-state index in [9.17, 15) is 8.42 Å². The molecule has 8 heteroatoms. The van der Waals surface area contributed by atoms with Gasteiger partial charge in [-0.15, -0.1) is 11.6 Å². The monoisotopic (exact) mass is 349 g/mol. The van der Waals surface area contributed by atoms with E-state index in [0.29, 0.717) is 22.0 Å². The van der Waals surface area contributed by atoms with Crippen LogP contribution in [0.3, 0.4) is 0 Å². The number of hydrogen-bond acceptors (Lipinski definition) is 4. The van der Waals surface area contributed by atoms with Gasteiger partial charge in [-0.3, -0.25) is 0 Å². The predicted octanol–water partition coefficient (Wildman–Crippen LogP) is 3.21. The fourth-order valence-corrected chi connectivity index (χ4v) is 2.64. The zero-order chi connectivity index (χ0) is 16.0. The van der Waals surface area contributed by atoms with Gasteiger partial charge < -0.3 is 4.57 Å². The molecule has 2 rings (SSSR count). The quantitative estimate of drug-likeness (QED) is 0.795. The molecule has 0 aliphatic carbocycles. The van der Waals surface area contributed by atoms with Crippen LogP contribution in [0.2, 0.25) is 5.02 Å². The minimum absolute atomic E-state index is 0.226. The fourth-order valence-electron chi connectivity index (χ4n) is 1.96. The van der Waals surface area contributed by atoms with Crippen LogP contribution in [-0.2, 0) is 16.4 Å². The normalized spacial score (nSPS) is 14.6. The number of halogens is 2. The third-order valence-corrected chi connectivity index (χ3v) is 6.02. The summed E-state index contributed by atoms with van der Waals surface area (Å²) in [5.74, 6) is 0.582. The summed E-state index contributed by atoms with van der Waals surface area (Å²) in [5.41, 5.74) is 1.19. The Balaban J connectivity index is 2.64. The van der Waals surface area contributed by atoms with Crippen molar-refractivity contribution in [3.63, 3.8) is 0 Å². The number of rotatable bonds is 4. The molecule has 0 amide bonds. The van der Waals surface area contributed by atoms with Gasteiger partial charge in [0.1, 0.15) is 11.3 Å². The van der Waals surface area contributed by atoms with Crippen molar-refractivity contribution in [3.8, 4) is 0 Å². The van der Waals surface area contributed by atoms with Gasteiger partial charge in [-0.2, -0.15) is 0 Å². The van der Waals surface area contributed by atoms with Crippen molar-refractivity contribution in [2.75, 3.05) is 6.26 Å². The van der Waals surface area contributed by atoms with Gasteiger partial charge in [-0.05, 0) is 26.8 Å². The molecule has 0 saturated carbocycles. The highest BCUT2D eigenvalue weighted by molar-refractivity contribution is 7.92. The molecule has 0 saturated heterocycles. The first-order valence-corrected chi connectivity index (χ1v) is 9.09. The zero-order valence-corrected chi connectivity index (χ0v) is 14.6. The van der Waals surface area contributed by atoms with Gasteiger partial charge in [0, 0.05) is 19.0 Å². The maximum absolute atomic E-state index is 11.9. The summed E-state index contributed by atoms with van der Waals surface area (Å²) < 4.78 is 24.7. The summed E-state index contributed by atoms with van der Waals surface area (Å²) in [7, 11) is -3.24. The molecule has 2 aromatic rings. The first-order chi connectivity index (χ1) is 9.53. The number of fused-ring (bicyclic) bond motifs is 1. The van der Waals surface area contributed by atoms with Crippen molar-refractivity contribution >= 4 is 44.2 Å². The minimum Gasteiger partial charge on any atom is -0.310 e. The lowest BCUT2D eigenvalue weighted by Crippen LogP contribution is -2.36. The van der Waals surface area contributed by atoms with Gasteiger partial charge >= 0.3 is 0 Å². The maximum Gasteiger partial charge on any atom is 0.160 e. The second kappa shape index (κ2) is 5.41. The van der Waals surface area contributed by atoms with Crippen molar-refractivity contribution in [2.24, 2.45) is 0 Å². The van der Waals surface area contributed by atoms with Crippen LogP contribution in [0.4, 0.5) is 0 Å². The first kappa shape index (κ1) is 16.5. The van der Waals surface area contributed by atoms with Crippen LogP contribution in [0.25, 0.3) is 11.2 Å². The molecule has 0 aliphatic rings. The smallest absolute Gasteiger partial charge is 0.160 e. The lowest BCUT2D eigenvalue weighted by molar-refractivity contribution is 0.498. The molecule has 0 spiro atoms. The van der Waals surface area contributed by atoms with E-state index in [0.717, 1.165) is 0 Å². The molecule has 116 valence electrons. The largest absolute Gasteiger partial charge is 0.310 e. The summed E-state index contributed by atoms with van der Waals surface area (Å²) >= 11 is 12.1. The SMILES string of the molecule is CC(Cl)c1nc2cc(Cl)cnc2n1CC(C)(C)S(C)(=O)=O. The summed E-state index contributed by atoms with van der Waals surface area (Å²) in [6.45, 7) is 5.36. The number of nitrogens with zero attached hydrogens (tertiary/aromatic N) is 3. The van der Waals surface area contributed by atoms with Gasteiger partial charge in [0.2, 0.25) is 0 Å². The Morgan fingerprint density at radius 3 is 2.57 bits per heavy atom. The Hall–Kier alpha value is -0.850. The standard InChI is InChI=1S/C13H17Cl2N3O2S/c1-8(14)11-17-10-5-9(15)6-16-12(10)18(11)7-13(2,3)21(4,19)20/h5-6,8H,7H2,1-4H3. The van der Waals surface area contributed by atoms with Crippen LogP contribution in [0.1, 0.15) is 32.0 Å². The summed E-state index contributed by atoms with van der Waals surface area (Å²) in [6, 6.07) is 1.69. The minimum atomic E-state index is -3.24. The van der Waals surface area contributed by atoms with E-state index in [2.05, 4.69) is 9.97 Å². The van der Waals surface area contributed by atoms with E-state index >= 15 is 0 Å². The van der Waals surface area contributed by atoms with E-state index in [1.807, 2.05) is 0 Å². The molecular weight excluding hydrogens is 333 g/mol. The third-order valence-electron chi connectivity index (χ3n) is 3.48. The Morgan fingerprint density at radius 2 is 2.05 bits per heavy atom. The summed E-state index contributed by atoms with van der Waals surface area (Å²) in [5, 5.41) is 0.108. The van der Waals surface area contributed by atoms with E-state index in [4.69, 9.17) is 23.2 Å². The summed E-state index contributed by atoms with van der Waals surface area (Å²) in [4.78, 5) is 8.69. The number of pyridine rings is 1. The molecule has 0 N–H and O–H groups in total.